The number of hydrogen-bond acceptors (Lipinski definition) is 5. The van der Waals surface area contributed by atoms with Gasteiger partial charge in [-0.3, -0.25) is 9.59 Å². The molecule has 9 heteroatoms. The molecular weight excluding hydrogens is 432 g/mol. The Morgan fingerprint density at radius 2 is 1.88 bits per heavy atom. The smallest absolute Gasteiger partial charge is 0.295 e. The summed E-state index contributed by atoms with van der Waals surface area (Å²) in [6, 6.07) is 8.14. The van der Waals surface area contributed by atoms with Crippen LogP contribution in [0.5, 0.6) is 5.75 Å². The van der Waals surface area contributed by atoms with Gasteiger partial charge in [-0.1, -0.05) is 12.1 Å². The summed E-state index contributed by atoms with van der Waals surface area (Å²) < 4.78 is 34.5. The van der Waals surface area contributed by atoms with E-state index in [-0.39, 0.29) is 23.4 Å². The number of benzene rings is 2. The van der Waals surface area contributed by atoms with Crippen molar-refractivity contribution >= 4 is 17.4 Å². The number of carbonyl (C=O) groups is 2. The van der Waals surface area contributed by atoms with Crippen molar-refractivity contribution in [3.05, 3.63) is 89.5 Å². The molecule has 7 nitrogen and oxygen atoms in total. The van der Waals surface area contributed by atoms with Gasteiger partial charge in [0.2, 0.25) is 0 Å². The number of hydrogen-bond donors (Lipinski definition) is 1. The molecule has 2 aromatic carbocycles. The topological polar surface area (TPSA) is 84.7 Å². The highest BCUT2D eigenvalue weighted by Gasteiger charge is 2.45. The van der Waals surface area contributed by atoms with E-state index in [4.69, 9.17) is 4.74 Å². The lowest BCUT2D eigenvalue weighted by Gasteiger charge is -2.25. The Labute approximate surface area is 188 Å². The molecule has 0 spiro atoms. The normalized spacial score (nSPS) is 17.5. The van der Waals surface area contributed by atoms with Crippen LogP contribution in [0.15, 0.2) is 66.8 Å². The second-order valence-corrected chi connectivity index (χ2v) is 7.55. The molecular formula is C24H21F2N3O4. The Morgan fingerprint density at radius 3 is 2.52 bits per heavy atom. The van der Waals surface area contributed by atoms with Crippen LogP contribution in [-0.4, -0.2) is 44.9 Å². The summed E-state index contributed by atoms with van der Waals surface area (Å²) in [5, 5.41) is 11.0. The fourth-order valence-electron chi connectivity index (χ4n) is 3.91. The lowest BCUT2D eigenvalue weighted by atomic mass is 9.95. The number of aliphatic hydroxyl groups excluding tert-OH is 1. The molecule has 0 unspecified atom stereocenters. The fraction of sp³-hybridized carbons (Fsp3) is 0.208. The number of amides is 1. The van der Waals surface area contributed by atoms with Gasteiger partial charge in [0, 0.05) is 31.0 Å². The van der Waals surface area contributed by atoms with Crippen molar-refractivity contribution in [1.82, 2.24) is 14.5 Å². The fourth-order valence-corrected chi connectivity index (χ4v) is 3.91. The number of aliphatic hydroxyl groups is 1. The summed E-state index contributed by atoms with van der Waals surface area (Å²) >= 11 is 0. The molecule has 1 amide bonds. The van der Waals surface area contributed by atoms with Gasteiger partial charge in [-0.15, -0.1) is 0 Å². The standard InChI is InChI=1S/C24H21F2N3O4/c1-33-19-8-5-16(13-18(19)26)22(30)20-21(15-3-6-17(25)7-4-15)29(24(32)23(20)31)11-2-10-28-12-9-27-14-28/h3-9,12-14,21,30H,2,10-11H2,1H3/b22-20+/t21-/m0/s1. The maximum Gasteiger partial charge on any atom is 0.295 e. The van der Waals surface area contributed by atoms with Gasteiger partial charge in [-0.25, -0.2) is 13.8 Å². The maximum absolute atomic E-state index is 14.2. The molecule has 1 aliphatic rings. The highest BCUT2D eigenvalue weighted by molar-refractivity contribution is 6.46. The monoisotopic (exact) mass is 453 g/mol. The van der Waals surface area contributed by atoms with E-state index in [1.165, 1.54) is 48.4 Å². The molecule has 1 atom stereocenters. The van der Waals surface area contributed by atoms with Crippen LogP contribution in [0.25, 0.3) is 5.76 Å². The van der Waals surface area contributed by atoms with E-state index in [1.807, 2.05) is 4.57 Å². The van der Waals surface area contributed by atoms with Crippen LogP contribution in [0.2, 0.25) is 0 Å². The predicted molar refractivity (Wildman–Crippen MR) is 115 cm³/mol. The highest BCUT2D eigenvalue weighted by Crippen LogP contribution is 2.40. The first-order valence-electron chi connectivity index (χ1n) is 10.2. The summed E-state index contributed by atoms with van der Waals surface area (Å²) in [7, 11) is 1.31. The molecule has 0 radical (unpaired) electrons. The zero-order valence-electron chi connectivity index (χ0n) is 17.7. The summed E-state index contributed by atoms with van der Waals surface area (Å²) in [6.45, 7) is 0.765. The molecule has 0 aliphatic carbocycles. The van der Waals surface area contributed by atoms with E-state index in [1.54, 1.807) is 18.7 Å². The second-order valence-electron chi connectivity index (χ2n) is 7.55. The Hall–Kier alpha value is -4.01. The van der Waals surface area contributed by atoms with E-state index in [9.17, 15) is 23.5 Å². The molecule has 0 saturated carbocycles. The van der Waals surface area contributed by atoms with Gasteiger partial charge in [-0.2, -0.15) is 0 Å². The number of ether oxygens (including phenoxy) is 1. The first-order valence-corrected chi connectivity index (χ1v) is 10.2. The third-order valence-corrected chi connectivity index (χ3v) is 5.53. The van der Waals surface area contributed by atoms with Gasteiger partial charge >= 0.3 is 0 Å². The van der Waals surface area contributed by atoms with Crippen molar-refractivity contribution in [2.45, 2.75) is 19.0 Å². The number of imidazole rings is 1. The van der Waals surface area contributed by atoms with Crippen LogP contribution in [-0.2, 0) is 16.1 Å². The number of aromatic nitrogens is 2. The number of ketones is 1. The Bertz CT molecular complexity index is 1210. The average molecular weight is 453 g/mol. The molecule has 1 aromatic heterocycles. The van der Waals surface area contributed by atoms with E-state index in [2.05, 4.69) is 4.98 Å². The van der Waals surface area contributed by atoms with Crippen LogP contribution in [0.1, 0.15) is 23.6 Å². The SMILES string of the molecule is COc1ccc(/C(O)=C2\C(=O)C(=O)N(CCCn3ccnc3)[C@H]2c2ccc(F)cc2)cc1F. The second kappa shape index (κ2) is 9.23. The molecule has 1 saturated heterocycles. The first-order chi connectivity index (χ1) is 15.9. The van der Waals surface area contributed by atoms with Gasteiger partial charge in [0.05, 0.1) is 25.1 Å². The van der Waals surface area contributed by atoms with Crippen molar-refractivity contribution in [1.29, 1.82) is 0 Å². The third kappa shape index (κ3) is 4.34. The lowest BCUT2D eigenvalue weighted by Crippen LogP contribution is -2.31. The number of halogens is 2. The van der Waals surface area contributed by atoms with E-state index in [0.717, 1.165) is 6.07 Å². The predicted octanol–water partition coefficient (Wildman–Crippen LogP) is 3.68. The van der Waals surface area contributed by atoms with Crippen molar-refractivity contribution in [2.24, 2.45) is 0 Å². The number of rotatable bonds is 7. The van der Waals surface area contributed by atoms with Gasteiger partial charge in [0.1, 0.15) is 11.6 Å². The zero-order chi connectivity index (χ0) is 23.5. The molecule has 0 bridgehead atoms. The molecule has 1 fully saturated rings. The van der Waals surface area contributed by atoms with Crippen molar-refractivity contribution in [3.63, 3.8) is 0 Å². The van der Waals surface area contributed by atoms with Gasteiger partial charge in [0.25, 0.3) is 11.7 Å². The van der Waals surface area contributed by atoms with E-state index < -0.39 is 35.1 Å². The van der Waals surface area contributed by atoms with Gasteiger partial charge < -0.3 is 19.3 Å². The average Bonchev–Trinajstić information content (AvgIpc) is 3.41. The summed E-state index contributed by atoms with van der Waals surface area (Å²) in [5.41, 5.74) is 0.296. The van der Waals surface area contributed by atoms with E-state index in [0.29, 0.717) is 18.5 Å². The molecule has 33 heavy (non-hydrogen) atoms. The number of nitrogens with zero attached hydrogens (tertiary/aromatic N) is 3. The van der Waals surface area contributed by atoms with Gasteiger partial charge in [0.15, 0.2) is 11.6 Å². The molecule has 4 rings (SSSR count). The number of Topliss-reactive ketones (excluding diaryl/α,β-unsaturated/α-hetero) is 1. The zero-order valence-corrected chi connectivity index (χ0v) is 17.7. The summed E-state index contributed by atoms with van der Waals surface area (Å²) in [4.78, 5) is 31.2. The number of likely N-dealkylation sites (tertiary alicyclic amines) is 1. The summed E-state index contributed by atoms with van der Waals surface area (Å²) in [5.74, 6) is -3.42. The minimum absolute atomic E-state index is 0.0248. The van der Waals surface area contributed by atoms with Crippen LogP contribution < -0.4 is 4.74 Å². The Morgan fingerprint density at radius 1 is 1.12 bits per heavy atom. The van der Waals surface area contributed by atoms with Crippen molar-refractivity contribution in [2.75, 3.05) is 13.7 Å². The quantitative estimate of drug-likeness (QED) is 0.335. The Kier molecular flexibility index (Phi) is 6.21. The van der Waals surface area contributed by atoms with Crippen LogP contribution in [0.4, 0.5) is 8.78 Å². The molecule has 1 N–H and O–H groups in total. The third-order valence-electron chi connectivity index (χ3n) is 5.53. The minimum atomic E-state index is -0.946. The van der Waals surface area contributed by atoms with Crippen LogP contribution >= 0.6 is 0 Å². The van der Waals surface area contributed by atoms with Crippen molar-refractivity contribution < 1.29 is 28.2 Å². The molecule has 2 heterocycles. The molecule has 3 aromatic rings. The van der Waals surface area contributed by atoms with Gasteiger partial charge in [-0.05, 0) is 42.3 Å². The Balaban J connectivity index is 1.74. The first kappa shape index (κ1) is 22.2. The number of methoxy groups -OCH3 is 1. The van der Waals surface area contributed by atoms with Crippen LogP contribution in [0, 0.1) is 11.6 Å². The highest BCUT2D eigenvalue weighted by atomic mass is 19.1. The number of carbonyl (C=O) groups excluding carboxylic acids is 2. The number of aryl methyl sites for hydroxylation is 1. The summed E-state index contributed by atoms with van der Waals surface area (Å²) in [6.07, 6.45) is 5.57. The largest absolute Gasteiger partial charge is 0.507 e. The molecule has 170 valence electrons. The maximum atomic E-state index is 14.2. The lowest BCUT2D eigenvalue weighted by molar-refractivity contribution is -0.139. The molecule has 1 aliphatic heterocycles. The van der Waals surface area contributed by atoms with E-state index >= 15 is 0 Å². The van der Waals surface area contributed by atoms with Crippen LogP contribution in [0.3, 0.4) is 0 Å². The van der Waals surface area contributed by atoms with Crippen molar-refractivity contribution in [3.8, 4) is 5.75 Å². The minimum Gasteiger partial charge on any atom is -0.507 e.